The number of benzene rings is 2. The molecule has 138 valence electrons. The summed E-state index contributed by atoms with van der Waals surface area (Å²) in [6.45, 7) is 0.967. The summed E-state index contributed by atoms with van der Waals surface area (Å²) in [7, 11) is 0. The molecule has 1 saturated carbocycles. The first kappa shape index (κ1) is 18.8. The zero-order valence-electron chi connectivity index (χ0n) is 14.7. The molecule has 0 bridgehead atoms. The summed E-state index contributed by atoms with van der Waals surface area (Å²) < 4.78 is 12.1. The van der Waals surface area contributed by atoms with Crippen LogP contribution in [0.5, 0.6) is 5.75 Å². The van der Waals surface area contributed by atoms with Crippen LogP contribution < -0.4 is 10.1 Å². The summed E-state index contributed by atoms with van der Waals surface area (Å²) in [4.78, 5) is 12.0. The van der Waals surface area contributed by atoms with Gasteiger partial charge in [-0.1, -0.05) is 49.6 Å². The van der Waals surface area contributed by atoms with Gasteiger partial charge in [0, 0.05) is 11.8 Å². The Morgan fingerprint density at radius 2 is 1.85 bits per heavy atom. The monoisotopic (exact) mass is 417 g/mol. The van der Waals surface area contributed by atoms with Crippen molar-refractivity contribution in [1.82, 2.24) is 0 Å². The molecular formula is C21H24BrNO3. The average molecular weight is 418 g/mol. The van der Waals surface area contributed by atoms with Gasteiger partial charge < -0.3 is 9.47 Å². The summed E-state index contributed by atoms with van der Waals surface area (Å²) in [6, 6.07) is 15.1. The lowest BCUT2D eigenvalue weighted by Crippen LogP contribution is -2.16. The lowest BCUT2D eigenvalue weighted by Gasteiger charge is -2.22. The van der Waals surface area contributed by atoms with Crippen molar-refractivity contribution in [1.29, 1.82) is 0 Å². The molecule has 3 rings (SSSR count). The average Bonchev–Trinajstić information content (AvgIpc) is 2.68. The largest absolute Gasteiger partial charge is 0.492 e. The Bertz CT molecular complexity index is 714. The van der Waals surface area contributed by atoms with Crippen LogP contribution in [0.1, 0.15) is 37.7 Å². The maximum absolute atomic E-state index is 12.0. The SMILES string of the molecule is O=C(Nc1ccc(Br)c(OCC2CCCCC2)c1)OCc1ccccc1. The molecule has 2 aromatic rings. The molecule has 0 radical (unpaired) electrons. The van der Waals surface area contributed by atoms with Gasteiger partial charge in [-0.2, -0.15) is 0 Å². The highest BCUT2D eigenvalue weighted by Crippen LogP contribution is 2.30. The molecule has 1 aliphatic rings. The first-order chi connectivity index (χ1) is 12.7. The van der Waals surface area contributed by atoms with Crippen LogP contribution in [-0.4, -0.2) is 12.7 Å². The van der Waals surface area contributed by atoms with E-state index in [2.05, 4.69) is 21.2 Å². The fourth-order valence-corrected chi connectivity index (χ4v) is 3.49. The molecule has 0 unspecified atom stereocenters. The molecule has 1 fully saturated rings. The summed E-state index contributed by atoms with van der Waals surface area (Å²) in [6.07, 6.45) is 5.93. The van der Waals surface area contributed by atoms with Gasteiger partial charge in [0.15, 0.2) is 0 Å². The van der Waals surface area contributed by atoms with Crippen LogP contribution in [-0.2, 0) is 11.3 Å². The van der Waals surface area contributed by atoms with Gasteiger partial charge in [0.2, 0.25) is 0 Å². The van der Waals surface area contributed by atoms with Gasteiger partial charge in [0.05, 0.1) is 11.1 Å². The third-order valence-electron chi connectivity index (χ3n) is 4.59. The molecule has 0 aliphatic heterocycles. The zero-order valence-corrected chi connectivity index (χ0v) is 16.3. The highest BCUT2D eigenvalue weighted by Gasteiger charge is 2.15. The van der Waals surface area contributed by atoms with Crippen LogP contribution in [0.25, 0.3) is 0 Å². The van der Waals surface area contributed by atoms with E-state index < -0.39 is 6.09 Å². The number of halogens is 1. The number of hydrogen-bond acceptors (Lipinski definition) is 3. The molecule has 0 atom stereocenters. The van der Waals surface area contributed by atoms with E-state index in [1.165, 1.54) is 32.1 Å². The minimum absolute atomic E-state index is 0.244. The number of carbonyl (C=O) groups is 1. The maximum Gasteiger partial charge on any atom is 0.411 e. The second-order valence-corrected chi connectivity index (χ2v) is 7.50. The van der Waals surface area contributed by atoms with Gasteiger partial charge in [0.1, 0.15) is 12.4 Å². The molecular weight excluding hydrogens is 394 g/mol. The van der Waals surface area contributed by atoms with Gasteiger partial charge in [0.25, 0.3) is 0 Å². The van der Waals surface area contributed by atoms with Crippen molar-refractivity contribution < 1.29 is 14.3 Å². The third kappa shape index (κ3) is 5.77. The van der Waals surface area contributed by atoms with E-state index in [1.54, 1.807) is 0 Å². The zero-order chi connectivity index (χ0) is 18.2. The molecule has 4 nitrogen and oxygen atoms in total. The summed E-state index contributed by atoms with van der Waals surface area (Å²) in [5.74, 6) is 1.37. The van der Waals surface area contributed by atoms with E-state index >= 15 is 0 Å². The molecule has 0 spiro atoms. The quantitative estimate of drug-likeness (QED) is 0.612. The smallest absolute Gasteiger partial charge is 0.411 e. The van der Waals surface area contributed by atoms with E-state index in [1.807, 2.05) is 48.5 Å². The Balaban J connectivity index is 1.51. The van der Waals surface area contributed by atoms with Crippen LogP contribution in [0.2, 0.25) is 0 Å². The van der Waals surface area contributed by atoms with Crippen molar-refractivity contribution in [3.8, 4) is 5.75 Å². The standard InChI is InChI=1S/C21H24BrNO3/c22-19-12-11-18(13-20(19)25-14-16-7-3-1-4-8-16)23-21(24)26-15-17-9-5-2-6-10-17/h2,5-6,9-13,16H,1,3-4,7-8,14-15H2,(H,23,24). The first-order valence-electron chi connectivity index (χ1n) is 9.11. The summed E-state index contributed by atoms with van der Waals surface area (Å²) >= 11 is 3.51. The molecule has 5 heteroatoms. The maximum atomic E-state index is 12.0. The van der Waals surface area contributed by atoms with Crippen LogP contribution >= 0.6 is 15.9 Å². The normalized spacial score (nSPS) is 14.7. The lowest BCUT2D eigenvalue weighted by atomic mass is 9.90. The highest BCUT2D eigenvalue weighted by molar-refractivity contribution is 9.10. The van der Waals surface area contributed by atoms with E-state index in [4.69, 9.17) is 9.47 Å². The van der Waals surface area contributed by atoms with Crippen molar-refractivity contribution >= 4 is 27.7 Å². The highest BCUT2D eigenvalue weighted by atomic mass is 79.9. The Labute approximate surface area is 163 Å². The number of amides is 1. The summed E-state index contributed by atoms with van der Waals surface area (Å²) in [5, 5.41) is 2.76. The van der Waals surface area contributed by atoms with Gasteiger partial charge in [-0.05, 0) is 52.4 Å². The minimum atomic E-state index is -0.477. The fourth-order valence-electron chi connectivity index (χ4n) is 3.13. The second kappa shape index (κ2) is 9.62. The van der Waals surface area contributed by atoms with Crippen molar-refractivity contribution in [3.05, 3.63) is 58.6 Å². The van der Waals surface area contributed by atoms with Gasteiger partial charge in [-0.25, -0.2) is 4.79 Å². The Kier molecular flexibility index (Phi) is 6.95. The molecule has 2 aromatic carbocycles. The Hall–Kier alpha value is -2.01. The lowest BCUT2D eigenvalue weighted by molar-refractivity contribution is 0.155. The van der Waals surface area contributed by atoms with Gasteiger partial charge in [-0.3, -0.25) is 5.32 Å². The molecule has 0 heterocycles. The van der Waals surface area contributed by atoms with E-state index in [9.17, 15) is 4.79 Å². The number of ether oxygens (including phenoxy) is 2. The van der Waals surface area contributed by atoms with Crippen molar-refractivity contribution in [2.75, 3.05) is 11.9 Å². The minimum Gasteiger partial charge on any atom is -0.492 e. The molecule has 1 amide bonds. The molecule has 0 saturated heterocycles. The van der Waals surface area contributed by atoms with E-state index in [-0.39, 0.29) is 6.61 Å². The predicted molar refractivity (Wildman–Crippen MR) is 106 cm³/mol. The van der Waals surface area contributed by atoms with Gasteiger partial charge in [-0.15, -0.1) is 0 Å². The number of nitrogens with one attached hydrogen (secondary N) is 1. The van der Waals surface area contributed by atoms with E-state index in [0.717, 1.165) is 22.4 Å². The second-order valence-electron chi connectivity index (χ2n) is 6.65. The van der Waals surface area contributed by atoms with Crippen LogP contribution in [0.15, 0.2) is 53.0 Å². The molecule has 0 aromatic heterocycles. The number of rotatable bonds is 6. The van der Waals surface area contributed by atoms with Crippen LogP contribution in [0.4, 0.5) is 10.5 Å². The van der Waals surface area contributed by atoms with Crippen molar-refractivity contribution in [3.63, 3.8) is 0 Å². The van der Waals surface area contributed by atoms with E-state index in [0.29, 0.717) is 11.6 Å². The first-order valence-corrected chi connectivity index (χ1v) is 9.90. The number of hydrogen-bond donors (Lipinski definition) is 1. The topological polar surface area (TPSA) is 47.6 Å². The Morgan fingerprint density at radius 3 is 2.62 bits per heavy atom. The van der Waals surface area contributed by atoms with Crippen molar-refractivity contribution in [2.24, 2.45) is 5.92 Å². The number of anilines is 1. The molecule has 26 heavy (non-hydrogen) atoms. The Morgan fingerprint density at radius 1 is 1.08 bits per heavy atom. The number of carbonyl (C=O) groups excluding carboxylic acids is 1. The van der Waals surface area contributed by atoms with Gasteiger partial charge >= 0.3 is 6.09 Å². The molecule has 1 N–H and O–H groups in total. The fraction of sp³-hybridized carbons (Fsp3) is 0.381. The summed E-state index contributed by atoms with van der Waals surface area (Å²) in [5.41, 5.74) is 1.61. The predicted octanol–water partition coefficient (Wildman–Crippen LogP) is 6.16. The molecule has 1 aliphatic carbocycles. The van der Waals surface area contributed by atoms with Crippen LogP contribution in [0, 0.1) is 5.92 Å². The van der Waals surface area contributed by atoms with Crippen LogP contribution in [0.3, 0.4) is 0 Å². The third-order valence-corrected chi connectivity index (χ3v) is 5.24. The van der Waals surface area contributed by atoms with Crippen molar-refractivity contribution in [2.45, 2.75) is 38.7 Å².